The number of hydrogen-bond acceptors (Lipinski definition) is 4. The number of aliphatic hydroxyl groups excluding tert-OH is 1. The molecular formula is C17H30N2O2. The highest BCUT2D eigenvalue weighted by Gasteiger charge is 2.13. The number of likely N-dealkylation sites (N-methyl/N-ethyl adjacent to an activating group) is 1. The second-order valence-corrected chi connectivity index (χ2v) is 5.63. The third kappa shape index (κ3) is 8.17. The summed E-state index contributed by atoms with van der Waals surface area (Å²) in [5.74, 6) is 0. The highest BCUT2D eigenvalue weighted by molar-refractivity contribution is 5.13. The smallest absolute Gasteiger partial charge is 0.0933 e. The number of benzene rings is 1. The molecule has 0 fully saturated rings. The highest BCUT2D eigenvalue weighted by atomic mass is 16.6. The van der Waals surface area contributed by atoms with Crippen LogP contribution in [0.5, 0.6) is 0 Å². The van der Waals surface area contributed by atoms with Gasteiger partial charge in [-0.1, -0.05) is 43.7 Å². The van der Waals surface area contributed by atoms with E-state index in [-0.39, 0.29) is 12.1 Å². The van der Waals surface area contributed by atoms with Crippen molar-refractivity contribution >= 4 is 0 Å². The zero-order valence-corrected chi connectivity index (χ0v) is 13.5. The second kappa shape index (κ2) is 10.7. The average molecular weight is 294 g/mol. The number of hydroxylamine groups is 1. The van der Waals surface area contributed by atoms with Gasteiger partial charge in [-0.25, -0.2) is 0 Å². The van der Waals surface area contributed by atoms with Crippen LogP contribution >= 0.6 is 0 Å². The van der Waals surface area contributed by atoms with Crippen LogP contribution in [0.3, 0.4) is 0 Å². The molecule has 1 aromatic rings. The van der Waals surface area contributed by atoms with Crippen molar-refractivity contribution in [1.29, 1.82) is 0 Å². The van der Waals surface area contributed by atoms with Gasteiger partial charge in [0.2, 0.25) is 0 Å². The maximum absolute atomic E-state index is 9.67. The third-order valence-electron chi connectivity index (χ3n) is 3.57. The molecule has 3 N–H and O–H groups in total. The first-order valence-electron chi connectivity index (χ1n) is 7.96. The molecule has 0 aromatic heterocycles. The van der Waals surface area contributed by atoms with Gasteiger partial charge in [0.05, 0.1) is 12.7 Å². The predicted octanol–water partition coefficient (Wildman–Crippen LogP) is 2.63. The third-order valence-corrected chi connectivity index (χ3v) is 3.57. The molecule has 0 heterocycles. The quantitative estimate of drug-likeness (QED) is 0.549. The van der Waals surface area contributed by atoms with Crippen LogP contribution in [0.1, 0.15) is 45.6 Å². The fourth-order valence-corrected chi connectivity index (χ4v) is 2.32. The lowest BCUT2D eigenvalue weighted by atomic mass is 10.0. The van der Waals surface area contributed by atoms with E-state index < -0.39 is 0 Å². The molecule has 0 aliphatic carbocycles. The van der Waals surface area contributed by atoms with Crippen molar-refractivity contribution in [1.82, 2.24) is 10.8 Å². The molecule has 0 bridgehead atoms. The number of hydrogen-bond donors (Lipinski definition) is 3. The van der Waals surface area contributed by atoms with Gasteiger partial charge in [-0.3, -0.25) is 4.84 Å². The molecule has 120 valence electrons. The number of nitrogens with one attached hydrogen (secondary N) is 2. The molecule has 0 saturated carbocycles. The molecule has 1 rings (SSSR count). The molecule has 4 nitrogen and oxygen atoms in total. The normalized spacial score (nSPS) is 15.6. The van der Waals surface area contributed by atoms with Crippen molar-refractivity contribution in [2.24, 2.45) is 0 Å². The number of aliphatic hydroxyl groups is 1. The molecule has 0 amide bonds. The van der Waals surface area contributed by atoms with E-state index in [9.17, 15) is 5.11 Å². The van der Waals surface area contributed by atoms with Gasteiger partial charge in [-0.2, -0.15) is 5.48 Å². The minimum absolute atomic E-state index is 0.187. The Morgan fingerprint density at radius 1 is 1.14 bits per heavy atom. The van der Waals surface area contributed by atoms with Crippen LogP contribution < -0.4 is 10.8 Å². The minimum Gasteiger partial charge on any atom is -0.392 e. The fraction of sp³-hybridized carbons (Fsp3) is 0.647. The van der Waals surface area contributed by atoms with E-state index in [4.69, 9.17) is 4.84 Å². The van der Waals surface area contributed by atoms with Gasteiger partial charge < -0.3 is 10.4 Å². The van der Waals surface area contributed by atoms with Gasteiger partial charge in [-0.05, 0) is 38.8 Å². The van der Waals surface area contributed by atoms with Crippen molar-refractivity contribution < 1.29 is 9.94 Å². The lowest BCUT2D eigenvalue weighted by Gasteiger charge is -2.21. The van der Waals surface area contributed by atoms with Crippen LogP contribution in [0.25, 0.3) is 0 Å². The van der Waals surface area contributed by atoms with E-state index in [1.807, 2.05) is 25.1 Å². The SMILES string of the molecule is CCN[C@@H](CCCC(C)NOCc1ccccc1)[C@H](C)O. The molecule has 3 atom stereocenters. The van der Waals surface area contributed by atoms with Gasteiger partial charge in [0.25, 0.3) is 0 Å². The Labute approximate surface area is 128 Å². The lowest BCUT2D eigenvalue weighted by molar-refractivity contribution is 0.00493. The summed E-state index contributed by atoms with van der Waals surface area (Å²) in [7, 11) is 0. The first-order chi connectivity index (χ1) is 10.1. The topological polar surface area (TPSA) is 53.5 Å². The van der Waals surface area contributed by atoms with Gasteiger partial charge in [0, 0.05) is 12.1 Å². The van der Waals surface area contributed by atoms with Crippen LogP contribution in [0, 0.1) is 0 Å². The van der Waals surface area contributed by atoms with Gasteiger partial charge >= 0.3 is 0 Å². The summed E-state index contributed by atoms with van der Waals surface area (Å²) in [6.45, 7) is 7.51. The Morgan fingerprint density at radius 2 is 1.86 bits per heavy atom. The van der Waals surface area contributed by atoms with Gasteiger partial charge in [0.1, 0.15) is 0 Å². The summed E-state index contributed by atoms with van der Waals surface area (Å²) in [5, 5.41) is 13.0. The zero-order chi connectivity index (χ0) is 15.5. The van der Waals surface area contributed by atoms with E-state index in [1.54, 1.807) is 0 Å². The standard InChI is InChI=1S/C17H30N2O2/c1-4-18-17(15(3)20)12-8-9-14(2)19-21-13-16-10-6-5-7-11-16/h5-7,10-11,14-15,17-20H,4,8-9,12-13H2,1-3H3/t14?,15-,17-/m0/s1. The fourth-order valence-electron chi connectivity index (χ4n) is 2.32. The molecule has 0 aliphatic heterocycles. The Kier molecular flexibility index (Phi) is 9.26. The summed E-state index contributed by atoms with van der Waals surface area (Å²) in [5.41, 5.74) is 4.25. The summed E-state index contributed by atoms with van der Waals surface area (Å²) in [6, 6.07) is 10.6. The number of rotatable bonds is 11. The summed E-state index contributed by atoms with van der Waals surface area (Å²) < 4.78 is 0. The van der Waals surface area contributed by atoms with E-state index >= 15 is 0 Å². The molecule has 1 unspecified atom stereocenters. The van der Waals surface area contributed by atoms with Crippen molar-refractivity contribution in [2.75, 3.05) is 6.54 Å². The minimum atomic E-state index is -0.303. The summed E-state index contributed by atoms with van der Waals surface area (Å²) in [4.78, 5) is 5.52. The van der Waals surface area contributed by atoms with E-state index in [1.165, 1.54) is 5.56 Å². The van der Waals surface area contributed by atoms with Gasteiger partial charge in [-0.15, -0.1) is 0 Å². The zero-order valence-electron chi connectivity index (χ0n) is 13.5. The second-order valence-electron chi connectivity index (χ2n) is 5.63. The monoisotopic (exact) mass is 294 g/mol. The molecule has 0 spiro atoms. The first kappa shape index (κ1) is 18.1. The van der Waals surface area contributed by atoms with Crippen molar-refractivity contribution in [3.8, 4) is 0 Å². The average Bonchev–Trinajstić information content (AvgIpc) is 2.47. The Bertz CT molecular complexity index is 357. The molecule has 21 heavy (non-hydrogen) atoms. The first-order valence-corrected chi connectivity index (χ1v) is 7.96. The maximum atomic E-state index is 9.67. The molecular weight excluding hydrogens is 264 g/mol. The van der Waals surface area contributed by atoms with Crippen LogP contribution in [0.4, 0.5) is 0 Å². The van der Waals surface area contributed by atoms with E-state index in [0.717, 1.165) is 25.8 Å². The van der Waals surface area contributed by atoms with Crippen LogP contribution in [0.15, 0.2) is 30.3 Å². The van der Waals surface area contributed by atoms with Crippen LogP contribution in [0.2, 0.25) is 0 Å². The molecule has 4 heteroatoms. The van der Waals surface area contributed by atoms with Gasteiger partial charge in [0.15, 0.2) is 0 Å². The maximum Gasteiger partial charge on any atom is 0.0933 e. The van der Waals surface area contributed by atoms with Crippen LogP contribution in [-0.4, -0.2) is 29.8 Å². The lowest BCUT2D eigenvalue weighted by Crippen LogP contribution is -2.38. The van der Waals surface area contributed by atoms with Crippen molar-refractivity contribution in [3.63, 3.8) is 0 Å². The Morgan fingerprint density at radius 3 is 2.48 bits per heavy atom. The largest absolute Gasteiger partial charge is 0.392 e. The Hall–Kier alpha value is -0.940. The molecule has 1 aromatic carbocycles. The summed E-state index contributed by atoms with van der Waals surface area (Å²) >= 11 is 0. The molecule has 0 aliphatic rings. The summed E-state index contributed by atoms with van der Waals surface area (Å²) in [6.07, 6.45) is 2.77. The molecule has 0 saturated heterocycles. The van der Waals surface area contributed by atoms with E-state index in [2.05, 4.69) is 36.8 Å². The highest BCUT2D eigenvalue weighted by Crippen LogP contribution is 2.08. The molecule has 0 radical (unpaired) electrons. The Balaban J connectivity index is 2.12. The predicted molar refractivity (Wildman–Crippen MR) is 86.8 cm³/mol. The van der Waals surface area contributed by atoms with E-state index in [0.29, 0.717) is 12.6 Å². The van der Waals surface area contributed by atoms with Crippen molar-refractivity contribution in [3.05, 3.63) is 35.9 Å². The van der Waals surface area contributed by atoms with Crippen LogP contribution in [-0.2, 0) is 11.4 Å². The van der Waals surface area contributed by atoms with Crippen molar-refractivity contribution in [2.45, 2.75) is 64.8 Å².